The Balaban J connectivity index is 1.81. The van der Waals surface area contributed by atoms with Crippen molar-refractivity contribution >= 4 is 39.0 Å². The summed E-state index contributed by atoms with van der Waals surface area (Å²) in [5.41, 5.74) is 0.904. The number of ketones is 1. The van der Waals surface area contributed by atoms with Crippen molar-refractivity contribution in [1.29, 1.82) is 0 Å². The van der Waals surface area contributed by atoms with Gasteiger partial charge in [0.2, 0.25) is 15.9 Å². The Labute approximate surface area is 169 Å². The molecule has 1 aliphatic heterocycles. The van der Waals surface area contributed by atoms with Crippen molar-refractivity contribution in [1.82, 2.24) is 4.31 Å². The summed E-state index contributed by atoms with van der Waals surface area (Å²) in [5, 5.41) is 3.06. The molecule has 6 nitrogen and oxygen atoms in total. The second kappa shape index (κ2) is 8.43. The Morgan fingerprint density at radius 3 is 2.61 bits per heavy atom. The average molecular weight is 421 g/mol. The zero-order chi connectivity index (χ0) is 20.3. The first kappa shape index (κ1) is 20.5. The Morgan fingerprint density at radius 2 is 1.89 bits per heavy atom. The lowest BCUT2D eigenvalue weighted by molar-refractivity contribution is -0.114. The van der Waals surface area contributed by atoms with Gasteiger partial charge in [-0.2, -0.15) is 4.31 Å². The number of anilines is 1. The van der Waals surface area contributed by atoms with Gasteiger partial charge in [-0.05, 0) is 43.2 Å². The highest BCUT2D eigenvalue weighted by Gasteiger charge is 2.33. The van der Waals surface area contributed by atoms with E-state index in [4.69, 9.17) is 11.6 Å². The molecule has 1 saturated heterocycles. The molecule has 0 bridgehead atoms. The van der Waals surface area contributed by atoms with Crippen LogP contribution in [0.3, 0.4) is 0 Å². The summed E-state index contributed by atoms with van der Waals surface area (Å²) in [6.07, 6.45) is 1.23. The number of hydrogen-bond donors (Lipinski definition) is 1. The van der Waals surface area contributed by atoms with Crippen molar-refractivity contribution in [3.05, 3.63) is 59.1 Å². The van der Waals surface area contributed by atoms with Crippen molar-refractivity contribution in [3.8, 4) is 0 Å². The number of sulfonamides is 1. The zero-order valence-electron chi connectivity index (χ0n) is 15.4. The van der Waals surface area contributed by atoms with Crippen LogP contribution in [0.25, 0.3) is 0 Å². The third-order valence-electron chi connectivity index (χ3n) is 4.66. The van der Waals surface area contributed by atoms with E-state index in [1.165, 1.54) is 23.4 Å². The van der Waals surface area contributed by atoms with E-state index >= 15 is 0 Å². The summed E-state index contributed by atoms with van der Waals surface area (Å²) in [4.78, 5) is 24.1. The molecule has 1 atom stereocenters. The molecule has 3 rings (SSSR count). The van der Waals surface area contributed by atoms with Crippen molar-refractivity contribution in [2.75, 3.05) is 18.4 Å². The number of piperidine rings is 1. The number of benzene rings is 2. The molecule has 0 radical (unpaired) electrons. The summed E-state index contributed by atoms with van der Waals surface area (Å²) in [5.74, 6) is -0.797. The molecule has 8 heteroatoms. The van der Waals surface area contributed by atoms with Crippen LogP contribution in [0.2, 0.25) is 5.02 Å². The van der Waals surface area contributed by atoms with Crippen LogP contribution < -0.4 is 5.32 Å². The third kappa shape index (κ3) is 4.60. The Morgan fingerprint density at radius 1 is 1.14 bits per heavy atom. The van der Waals surface area contributed by atoms with Crippen molar-refractivity contribution < 1.29 is 18.0 Å². The van der Waals surface area contributed by atoms with Gasteiger partial charge < -0.3 is 5.32 Å². The van der Waals surface area contributed by atoms with Gasteiger partial charge in [0.15, 0.2) is 5.78 Å². The number of halogens is 1. The van der Waals surface area contributed by atoms with Crippen LogP contribution in [0.15, 0.2) is 53.4 Å². The minimum atomic E-state index is -3.77. The average Bonchev–Trinajstić information content (AvgIpc) is 2.67. The molecule has 1 unspecified atom stereocenters. The predicted molar refractivity (Wildman–Crippen MR) is 108 cm³/mol. The maximum absolute atomic E-state index is 13.1. The molecule has 1 aliphatic rings. The number of rotatable bonds is 5. The molecule has 1 heterocycles. The van der Waals surface area contributed by atoms with Gasteiger partial charge >= 0.3 is 0 Å². The predicted octanol–water partition coefficient (Wildman–Crippen LogP) is 3.58. The normalized spacial score (nSPS) is 17.9. The first-order valence-corrected chi connectivity index (χ1v) is 10.8. The number of Topliss-reactive ketones (excluding diaryl/α,β-unsaturated/α-hetero) is 1. The van der Waals surface area contributed by atoms with Crippen LogP contribution in [-0.2, 0) is 14.8 Å². The minimum absolute atomic E-state index is 0.0922. The molecule has 0 aliphatic carbocycles. The number of hydrogen-bond acceptors (Lipinski definition) is 4. The lowest BCUT2D eigenvalue weighted by Gasteiger charge is -2.31. The van der Waals surface area contributed by atoms with Gasteiger partial charge in [-0.1, -0.05) is 29.8 Å². The third-order valence-corrected chi connectivity index (χ3v) is 6.75. The highest BCUT2D eigenvalue weighted by molar-refractivity contribution is 7.89. The Bertz CT molecular complexity index is 1010. The molecule has 0 aromatic heterocycles. The maximum Gasteiger partial charge on any atom is 0.243 e. The van der Waals surface area contributed by atoms with E-state index in [0.717, 1.165) is 0 Å². The number of nitrogens with zero attached hydrogens (tertiary/aromatic N) is 1. The van der Waals surface area contributed by atoms with Crippen molar-refractivity contribution in [3.63, 3.8) is 0 Å². The fourth-order valence-electron chi connectivity index (χ4n) is 3.34. The molecule has 148 valence electrons. The Hall–Kier alpha value is -2.22. The van der Waals surface area contributed by atoms with E-state index in [1.807, 2.05) is 0 Å². The molecule has 1 amide bonds. The zero-order valence-corrected chi connectivity index (χ0v) is 17.0. The summed E-state index contributed by atoms with van der Waals surface area (Å²) in [7, 11) is -3.77. The first-order chi connectivity index (χ1) is 13.3. The fraction of sp³-hybridized carbons (Fsp3) is 0.300. The Kier molecular flexibility index (Phi) is 6.17. The van der Waals surface area contributed by atoms with Gasteiger partial charge in [-0.25, -0.2) is 8.42 Å². The van der Waals surface area contributed by atoms with Crippen molar-refractivity contribution in [2.24, 2.45) is 5.92 Å². The molecule has 0 spiro atoms. The molecule has 1 N–H and O–H groups in total. The summed E-state index contributed by atoms with van der Waals surface area (Å²) >= 11 is 5.97. The van der Waals surface area contributed by atoms with Crippen LogP contribution in [-0.4, -0.2) is 37.5 Å². The van der Waals surface area contributed by atoms with Gasteiger partial charge in [-0.15, -0.1) is 0 Å². The standard InChI is InChI=1S/C20H21ClN2O4S/c1-14(24)22-18-8-3-9-19(12-18)28(26,27)23-10-4-6-16(13-23)20(25)15-5-2-7-17(21)11-15/h2-3,5,7-9,11-12,16H,4,6,10,13H2,1H3,(H,22,24). The molecular formula is C20H21ClN2O4S. The topological polar surface area (TPSA) is 83.6 Å². The highest BCUT2D eigenvalue weighted by Crippen LogP contribution is 2.27. The number of carbonyl (C=O) groups is 2. The van der Waals surface area contributed by atoms with E-state index < -0.39 is 15.9 Å². The molecule has 2 aromatic carbocycles. The van der Waals surface area contributed by atoms with Gasteiger partial charge in [0.25, 0.3) is 0 Å². The second-order valence-corrected chi connectivity index (χ2v) is 9.16. The minimum Gasteiger partial charge on any atom is -0.326 e. The van der Waals surface area contributed by atoms with E-state index in [2.05, 4.69) is 5.32 Å². The number of amides is 1. The van der Waals surface area contributed by atoms with Crippen LogP contribution in [0, 0.1) is 5.92 Å². The maximum atomic E-state index is 13.1. The van der Waals surface area contributed by atoms with Crippen LogP contribution in [0.4, 0.5) is 5.69 Å². The molecule has 1 fully saturated rings. The summed E-state index contributed by atoms with van der Waals surface area (Å²) in [6, 6.07) is 12.8. The lowest BCUT2D eigenvalue weighted by Crippen LogP contribution is -2.42. The summed E-state index contributed by atoms with van der Waals surface area (Å²) in [6.45, 7) is 1.84. The smallest absolute Gasteiger partial charge is 0.243 e. The van der Waals surface area contributed by atoms with Crippen LogP contribution in [0.1, 0.15) is 30.1 Å². The van der Waals surface area contributed by atoms with Gasteiger partial charge in [0.1, 0.15) is 0 Å². The van der Waals surface area contributed by atoms with E-state index in [-0.39, 0.29) is 23.1 Å². The number of nitrogens with one attached hydrogen (secondary N) is 1. The molecule has 28 heavy (non-hydrogen) atoms. The second-order valence-electron chi connectivity index (χ2n) is 6.79. The highest BCUT2D eigenvalue weighted by atomic mass is 35.5. The quantitative estimate of drug-likeness (QED) is 0.749. The molecule has 0 saturated carbocycles. The van der Waals surface area contributed by atoms with Gasteiger partial charge in [0.05, 0.1) is 4.90 Å². The SMILES string of the molecule is CC(=O)Nc1cccc(S(=O)(=O)N2CCCC(C(=O)c3cccc(Cl)c3)C2)c1. The fourth-order valence-corrected chi connectivity index (χ4v) is 5.10. The monoisotopic (exact) mass is 420 g/mol. The van der Waals surface area contributed by atoms with Crippen LogP contribution >= 0.6 is 11.6 Å². The molecular weight excluding hydrogens is 400 g/mol. The van der Waals surface area contributed by atoms with Crippen molar-refractivity contribution in [2.45, 2.75) is 24.7 Å². The largest absolute Gasteiger partial charge is 0.326 e. The number of carbonyl (C=O) groups excluding carboxylic acids is 2. The van der Waals surface area contributed by atoms with Crippen LogP contribution in [0.5, 0.6) is 0 Å². The van der Waals surface area contributed by atoms with Gasteiger partial charge in [-0.3, -0.25) is 9.59 Å². The first-order valence-electron chi connectivity index (χ1n) is 8.95. The van der Waals surface area contributed by atoms with E-state index in [0.29, 0.717) is 35.7 Å². The van der Waals surface area contributed by atoms with Gasteiger partial charge in [0, 0.05) is 42.2 Å². The van der Waals surface area contributed by atoms with E-state index in [1.54, 1.807) is 36.4 Å². The molecule has 2 aromatic rings. The van der Waals surface area contributed by atoms with E-state index in [9.17, 15) is 18.0 Å². The summed E-state index contributed by atoms with van der Waals surface area (Å²) < 4.78 is 27.5. The lowest BCUT2D eigenvalue weighted by atomic mass is 9.91.